The number of sulfonamides is 1. The van der Waals surface area contributed by atoms with Crippen molar-refractivity contribution in [3.05, 3.63) is 36.2 Å². The fraction of sp³-hybridized carbons (Fsp3) is 0.462. The molecule has 0 amide bonds. The molecule has 2 aromatic rings. The van der Waals surface area contributed by atoms with E-state index in [2.05, 4.69) is 20.3 Å². The quantitative estimate of drug-likeness (QED) is 0.852. The summed E-state index contributed by atoms with van der Waals surface area (Å²) in [4.78, 5) is 12.5. The first-order valence-electron chi connectivity index (χ1n) is 6.92. The van der Waals surface area contributed by atoms with Crippen LogP contribution in [-0.2, 0) is 30.0 Å². The lowest BCUT2D eigenvalue weighted by Gasteiger charge is -2.33. The Hall–Kier alpha value is -2.00. The van der Waals surface area contributed by atoms with Crippen LogP contribution in [0.4, 0.5) is 5.95 Å². The van der Waals surface area contributed by atoms with Crippen LogP contribution in [0.25, 0.3) is 0 Å². The average molecular weight is 322 g/mol. The Morgan fingerprint density at radius 1 is 1.32 bits per heavy atom. The van der Waals surface area contributed by atoms with Crippen LogP contribution >= 0.6 is 0 Å². The van der Waals surface area contributed by atoms with Crippen LogP contribution in [0, 0.1) is 0 Å². The van der Waals surface area contributed by atoms with Crippen LogP contribution in [0.3, 0.4) is 0 Å². The summed E-state index contributed by atoms with van der Waals surface area (Å²) < 4.78 is 27.5. The molecule has 22 heavy (non-hydrogen) atoms. The van der Waals surface area contributed by atoms with Gasteiger partial charge in [0.05, 0.1) is 24.8 Å². The van der Waals surface area contributed by atoms with Gasteiger partial charge in [-0.15, -0.1) is 0 Å². The highest BCUT2D eigenvalue weighted by molar-refractivity contribution is 7.88. The molecule has 0 spiro atoms. The number of anilines is 1. The highest BCUT2D eigenvalue weighted by atomic mass is 32.2. The van der Waals surface area contributed by atoms with E-state index in [4.69, 9.17) is 0 Å². The summed E-state index contributed by atoms with van der Waals surface area (Å²) in [6, 6.07) is 1.54. The molecule has 0 fully saturated rings. The maximum Gasteiger partial charge on any atom is 0.222 e. The number of rotatable bonds is 4. The molecule has 0 bridgehead atoms. The van der Waals surface area contributed by atoms with Crippen molar-refractivity contribution in [3.8, 4) is 0 Å². The van der Waals surface area contributed by atoms with Gasteiger partial charge in [0.1, 0.15) is 0 Å². The zero-order valence-corrected chi connectivity index (χ0v) is 13.3. The van der Waals surface area contributed by atoms with Gasteiger partial charge in [-0.05, 0) is 6.07 Å². The van der Waals surface area contributed by atoms with Gasteiger partial charge in [0, 0.05) is 44.1 Å². The molecule has 0 saturated carbocycles. The van der Waals surface area contributed by atoms with Gasteiger partial charge in [-0.2, -0.15) is 4.31 Å². The number of aryl methyl sites for hydroxylation is 1. The number of hydrogen-bond acceptors (Lipinski definition) is 6. The molecule has 9 heteroatoms. The summed E-state index contributed by atoms with van der Waals surface area (Å²) in [5.74, 6) is 0.492. The minimum Gasteiger partial charge on any atom is -0.353 e. The number of nitrogens with zero attached hydrogens (tertiary/aromatic N) is 5. The fourth-order valence-electron chi connectivity index (χ4n) is 2.66. The lowest BCUT2D eigenvalue weighted by Crippen LogP contribution is -2.47. The number of hydrogen-bond donors (Lipinski definition) is 1. The number of fused-ring (bicyclic) bond motifs is 1. The topological polar surface area (TPSA) is 93.0 Å². The SMILES string of the molecule is Cn1cnc2c1C[C@H](CNc1ncccn1)N(S(C)(=O)=O)C2. The Morgan fingerprint density at radius 2 is 2.05 bits per heavy atom. The Kier molecular flexibility index (Phi) is 3.83. The molecular weight excluding hydrogens is 304 g/mol. The molecule has 1 atom stereocenters. The van der Waals surface area contributed by atoms with Crippen molar-refractivity contribution in [2.75, 3.05) is 18.1 Å². The van der Waals surface area contributed by atoms with Crippen LogP contribution < -0.4 is 5.32 Å². The molecule has 0 aliphatic carbocycles. The van der Waals surface area contributed by atoms with E-state index in [1.807, 2.05) is 11.6 Å². The molecule has 0 radical (unpaired) electrons. The van der Waals surface area contributed by atoms with Crippen molar-refractivity contribution < 1.29 is 8.42 Å². The average Bonchev–Trinajstić information content (AvgIpc) is 2.85. The summed E-state index contributed by atoms with van der Waals surface area (Å²) in [5, 5.41) is 3.10. The number of imidazole rings is 1. The highest BCUT2D eigenvalue weighted by Gasteiger charge is 2.34. The number of aromatic nitrogens is 4. The van der Waals surface area contributed by atoms with E-state index in [1.54, 1.807) is 24.8 Å². The predicted molar refractivity (Wildman–Crippen MR) is 81.6 cm³/mol. The lowest BCUT2D eigenvalue weighted by atomic mass is 10.1. The summed E-state index contributed by atoms with van der Waals surface area (Å²) in [6.45, 7) is 0.749. The minimum absolute atomic E-state index is 0.193. The van der Waals surface area contributed by atoms with E-state index >= 15 is 0 Å². The second-order valence-corrected chi connectivity index (χ2v) is 7.30. The molecule has 2 aromatic heterocycles. The van der Waals surface area contributed by atoms with Crippen molar-refractivity contribution in [2.45, 2.75) is 19.0 Å². The third-order valence-corrected chi connectivity index (χ3v) is 5.05. The highest BCUT2D eigenvalue weighted by Crippen LogP contribution is 2.24. The molecule has 3 heterocycles. The third kappa shape index (κ3) is 2.95. The van der Waals surface area contributed by atoms with E-state index < -0.39 is 10.0 Å². The summed E-state index contributed by atoms with van der Waals surface area (Å²) in [7, 11) is -1.39. The second-order valence-electron chi connectivity index (χ2n) is 5.37. The zero-order chi connectivity index (χ0) is 15.7. The van der Waals surface area contributed by atoms with Crippen molar-refractivity contribution in [3.63, 3.8) is 0 Å². The first kappa shape index (κ1) is 14.9. The molecule has 3 rings (SSSR count). The monoisotopic (exact) mass is 322 g/mol. The van der Waals surface area contributed by atoms with Gasteiger partial charge in [-0.3, -0.25) is 0 Å². The van der Waals surface area contributed by atoms with Gasteiger partial charge < -0.3 is 9.88 Å². The fourth-order valence-corrected chi connectivity index (χ4v) is 3.71. The third-order valence-electron chi connectivity index (χ3n) is 3.78. The normalized spacial score (nSPS) is 18.9. The molecule has 0 unspecified atom stereocenters. The maximum absolute atomic E-state index is 12.1. The Labute approximate surface area is 129 Å². The van der Waals surface area contributed by atoms with E-state index in [0.29, 0.717) is 25.5 Å². The molecule has 1 aliphatic heterocycles. The molecule has 8 nitrogen and oxygen atoms in total. The van der Waals surface area contributed by atoms with Crippen LogP contribution in [-0.4, -0.2) is 51.1 Å². The maximum atomic E-state index is 12.1. The van der Waals surface area contributed by atoms with Crippen molar-refractivity contribution in [2.24, 2.45) is 7.05 Å². The molecule has 1 N–H and O–H groups in total. The Bertz CT molecular complexity index is 758. The summed E-state index contributed by atoms with van der Waals surface area (Å²) in [5.41, 5.74) is 1.89. The first-order chi connectivity index (χ1) is 10.4. The molecule has 118 valence electrons. The van der Waals surface area contributed by atoms with E-state index in [9.17, 15) is 8.42 Å². The Balaban J connectivity index is 1.82. The second kappa shape index (κ2) is 5.65. The van der Waals surface area contributed by atoms with Crippen LogP contribution in [0.1, 0.15) is 11.4 Å². The van der Waals surface area contributed by atoms with Crippen molar-refractivity contribution in [1.82, 2.24) is 23.8 Å². The molecule has 0 aromatic carbocycles. The lowest BCUT2D eigenvalue weighted by molar-refractivity contribution is 0.296. The van der Waals surface area contributed by atoms with Crippen LogP contribution in [0.2, 0.25) is 0 Å². The van der Waals surface area contributed by atoms with E-state index in [-0.39, 0.29) is 6.04 Å². The van der Waals surface area contributed by atoms with Gasteiger partial charge >= 0.3 is 0 Å². The predicted octanol–water partition coefficient (Wildman–Crippen LogP) is 0.00850. The van der Waals surface area contributed by atoms with Gasteiger partial charge in [0.25, 0.3) is 0 Å². The summed E-state index contributed by atoms with van der Waals surface area (Å²) in [6.07, 6.45) is 6.85. The van der Waals surface area contributed by atoms with Crippen LogP contribution in [0.15, 0.2) is 24.8 Å². The van der Waals surface area contributed by atoms with Gasteiger partial charge in [-0.1, -0.05) is 0 Å². The molecule has 0 saturated heterocycles. The first-order valence-corrected chi connectivity index (χ1v) is 8.77. The zero-order valence-electron chi connectivity index (χ0n) is 12.5. The van der Waals surface area contributed by atoms with Crippen LogP contribution in [0.5, 0.6) is 0 Å². The van der Waals surface area contributed by atoms with Crippen molar-refractivity contribution in [1.29, 1.82) is 0 Å². The number of nitrogens with one attached hydrogen (secondary N) is 1. The van der Waals surface area contributed by atoms with Gasteiger partial charge in [0.2, 0.25) is 16.0 Å². The summed E-state index contributed by atoms with van der Waals surface area (Å²) >= 11 is 0. The standard InChI is InChI=1S/C13H18N6O2S/c1-18-9-17-11-8-19(22(2,20)21)10(6-12(11)18)7-16-13-14-4-3-5-15-13/h3-5,9-10H,6-8H2,1-2H3,(H,14,15,16)/t10-/m1/s1. The van der Waals surface area contributed by atoms with Gasteiger partial charge in [-0.25, -0.2) is 23.4 Å². The smallest absolute Gasteiger partial charge is 0.222 e. The van der Waals surface area contributed by atoms with Crippen molar-refractivity contribution >= 4 is 16.0 Å². The molecule has 1 aliphatic rings. The van der Waals surface area contributed by atoms with Gasteiger partial charge in [0.15, 0.2) is 0 Å². The largest absolute Gasteiger partial charge is 0.353 e. The van der Waals surface area contributed by atoms with E-state index in [1.165, 1.54) is 10.6 Å². The Morgan fingerprint density at radius 3 is 2.73 bits per heavy atom. The molecular formula is C13H18N6O2S. The van der Waals surface area contributed by atoms with E-state index in [0.717, 1.165) is 11.4 Å². The minimum atomic E-state index is -3.31.